The van der Waals surface area contributed by atoms with E-state index in [0.717, 1.165) is 16.5 Å². The minimum absolute atomic E-state index is 0. The first-order valence-electron chi connectivity index (χ1n) is 11.7. The van der Waals surface area contributed by atoms with Crippen LogP contribution in [-0.4, -0.2) is 9.55 Å². The monoisotopic (exact) mass is 543 g/mol. The van der Waals surface area contributed by atoms with Crippen LogP contribution < -0.4 is 16.8 Å². The highest BCUT2D eigenvalue weighted by Gasteiger charge is 2.24. The zero-order valence-corrected chi connectivity index (χ0v) is 22.4. The number of nitrogens with one attached hydrogen (secondary N) is 1. The Labute approximate surface area is 220 Å². The predicted molar refractivity (Wildman–Crippen MR) is 144 cm³/mol. The molecule has 0 amide bonds. The lowest BCUT2D eigenvalue weighted by molar-refractivity contribution is -0.511. The maximum atomic E-state index is 3.70. The topological polar surface area (TPSA) is 24.8 Å². The molecule has 3 nitrogen and oxygen atoms in total. The number of nitrogens with zero attached hydrogens (tertiary/aromatic N) is 2. The number of hydrogen-bond donors (Lipinski definition) is 1. The van der Waals surface area contributed by atoms with E-state index in [1.165, 1.54) is 44.2 Å². The molecule has 3 heterocycles. The molecule has 1 N–H and O–H groups in total. The van der Waals surface area contributed by atoms with E-state index in [9.17, 15) is 0 Å². The largest absolute Gasteiger partial charge is 1.00 e. The van der Waals surface area contributed by atoms with Crippen LogP contribution in [0.1, 0.15) is 31.9 Å². The number of benzene rings is 3. The highest BCUT2D eigenvalue weighted by Crippen LogP contribution is 2.33. The average Bonchev–Trinajstić information content (AvgIpc) is 3.37. The maximum absolute atomic E-state index is 3.70. The van der Waals surface area contributed by atoms with Crippen molar-refractivity contribution in [2.45, 2.75) is 32.7 Å². The summed E-state index contributed by atoms with van der Waals surface area (Å²) >= 11 is 3.60. The number of fused-ring (bicyclic) bond motifs is 5. The molecule has 0 aliphatic heterocycles. The fourth-order valence-electron chi connectivity index (χ4n) is 4.90. The van der Waals surface area contributed by atoms with Crippen LogP contribution in [0.5, 0.6) is 0 Å². The quantitative estimate of drug-likeness (QED) is 0.314. The van der Waals surface area contributed by atoms with Gasteiger partial charge in [-0.1, -0.05) is 79.2 Å². The zero-order chi connectivity index (χ0) is 23.4. The standard InChI is InChI=1S/C30H27BrN3.ClH/c1-30(2,3)22-12-8-20(9-13-22)18-34-19-33-17-16-25-24-6-4-5-7-26(24)32-27(25)29(33)28(34)21-10-14-23(31)15-11-21;/h4-17,19,32H,18H2,1-3H3;1H/q+1;/p-1. The Morgan fingerprint density at radius 2 is 1.57 bits per heavy atom. The van der Waals surface area contributed by atoms with Crippen molar-refractivity contribution < 1.29 is 16.8 Å². The molecule has 0 aliphatic carbocycles. The molecular weight excluding hydrogens is 518 g/mol. The number of para-hydroxylation sites is 1. The van der Waals surface area contributed by atoms with Crippen LogP contribution in [0.4, 0.5) is 0 Å². The van der Waals surface area contributed by atoms with Gasteiger partial charge in [-0.15, -0.1) is 0 Å². The SMILES string of the molecule is CC(C)(C)c1ccc(Cn2c[n+]3ccc4c5ccccc5[nH]c4c3c2-c2ccc(Br)cc2)cc1.[Cl-]. The Morgan fingerprint density at radius 1 is 0.857 bits per heavy atom. The summed E-state index contributed by atoms with van der Waals surface area (Å²) in [5.41, 5.74) is 8.74. The predicted octanol–water partition coefficient (Wildman–Crippen LogP) is 4.64. The minimum atomic E-state index is 0. The van der Waals surface area contributed by atoms with Crippen molar-refractivity contribution in [2.75, 3.05) is 0 Å². The minimum Gasteiger partial charge on any atom is -1.00 e. The van der Waals surface area contributed by atoms with Crippen molar-refractivity contribution in [3.63, 3.8) is 0 Å². The summed E-state index contributed by atoms with van der Waals surface area (Å²) in [5, 5.41) is 2.51. The summed E-state index contributed by atoms with van der Waals surface area (Å²) in [6, 6.07) is 28.4. The molecule has 6 rings (SSSR count). The Hall–Kier alpha value is -3.08. The number of aromatic amines is 1. The third kappa shape index (κ3) is 4.15. The molecule has 5 heteroatoms. The first-order chi connectivity index (χ1) is 16.4. The fourth-order valence-corrected chi connectivity index (χ4v) is 5.16. The van der Waals surface area contributed by atoms with E-state index in [-0.39, 0.29) is 17.8 Å². The molecule has 0 unspecified atom stereocenters. The van der Waals surface area contributed by atoms with E-state index in [2.05, 4.69) is 142 Å². The third-order valence-electron chi connectivity index (χ3n) is 6.71. The van der Waals surface area contributed by atoms with Gasteiger partial charge in [0.25, 0.3) is 0 Å². The van der Waals surface area contributed by atoms with E-state index in [1.54, 1.807) is 0 Å². The van der Waals surface area contributed by atoms with Gasteiger partial charge in [0.2, 0.25) is 11.8 Å². The summed E-state index contributed by atoms with van der Waals surface area (Å²) in [6.07, 6.45) is 4.40. The van der Waals surface area contributed by atoms with Gasteiger partial charge < -0.3 is 17.4 Å². The molecule has 0 fully saturated rings. The molecule has 0 spiro atoms. The Morgan fingerprint density at radius 3 is 2.29 bits per heavy atom. The number of halogens is 2. The first kappa shape index (κ1) is 23.7. The second kappa shape index (κ2) is 8.85. The Balaban J connectivity index is 0.00000253. The highest BCUT2D eigenvalue weighted by molar-refractivity contribution is 9.10. The van der Waals surface area contributed by atoms with E-state index in [0.29, 0.717) is 0 Å². The molecule has 0 aliphatic rings. The van der Waals surface area contributed by atoms with Crippen molar-refractivity contribution >= 4 is 43.3 Å². The van der Waals surface area contributed by atoms with Crippen molar-refractivity contribution in [3.8, 4) is 11.3 Å². The lowest BCUT2D eigenvalue weighted by Crippen LogP contribution is -3.00. The van der Waals surface area contributed by atoms with E-state index in [1.807, 2.05) is 0 Å². The summed E-state index contributed by atoms with van der Waals surface area (Å²) in [7, 11) is 0. The van der Waals surface area contributed by atoms with Crippen LogP contribution in [0, 0.1) is 0 Å². The second-order valence-electron chi connectivity index (χ2n) is 10.1. The summed E-state index contributed by atoms with van der Waals surface area (Å²) in [4.78, 5) is 3.70. The van der Waals surface area contributed by atoms with Gasteiger partial charge in [0.15, 0.2) is 5.69 Å². The van der Waals surface area contributed by atoms with Gasteiger partial charge in [-0.3, -0.25) is 0 Å². The van der Waals surface area contributed by atoms with Crippen LogP contribution in [0.25, 0.3) is 38.6 Å². The zero-order valence-electron chi connectivity index (χ0n) is 20.0. The fraction of sp³-hybridized carbons (Fsp3) is 0.167. The molecule has 0 saturated carbocycles. The average molecular weight is 545 g/mol. The smallest absolute Gasteiger partial charge is 0.249 e. The molecule has 0 radical (unpaired) electrons. The van der Waals surface area contributed by atoms with Crippen LogP contribution in [0.3, 0.4) is 0 Å². The molecule has 0 bridgehead atoms. The number of hydrogen-bond acceptors (Lipinski definition) is 0. The van der Waals surface area contributed by atoms with Gasteiger partial charge in [0.1, 0.15) is 6.54 Å². The second-order valence-corrected chi connectivity index (χ2v) is 11.0. The summed E-state index contributed by atoms with van der Waals surface area (Å²) in [5.74, 6) is 0. The van der Waals surface area contributed by atoms with Crippen molar-refractivity contribution in [3.05, 3.63) is 107 Å². The van der Waals surface area contributed by atoms with Gasteiger partial charge in [0.05, 0.1) is 11.7 Å². The Kier molecular flexibility index (Phi) is 5.98. The van der Waals surface area contributed by atoms with E-state index >= 15 is 0 Å². The van der Waals surface area contributed by atoms with Crippen molar-refractivity contribution in [2.24, 2.45) is 0 Å². The van der Waals surface area contributed by atoms with E-state index < -0.39 is 0 Å². The molecule has 176 valence electrons. The van der Waals surface area contributed by atoms with Gasteiger partial charge in [-0.05, 0) is 52.9 Å². The lowest BCUT2D eigenvalue weighted by atomic mass is 9.87. The van der Waals surface area contributed by atoms with Crippen LogP contribution in [-0.2, 0) is 12.0 Å². The highest BCUT2D eigenvalue weighted by atomic mass is 79.9. The maximum Gasteiger partial charge on any atom is 0.249 e. The lowest BCUT2D eigenvalue weighted by Gasteiger charge is -2.19. The molecule has 35 heavy (non-hydrogen) atoms. The van der Waals surface area contributed by atoms with Gasteiger partial charge >= 0.3 is 0 Å². The number of H-pyrrole nitrogens is 1. The molecule has 0 saturated heterocycles. The number of pyridine rings is 1. The van der Waals surface area contributed by atoms with Crippen LogP contribution in [0.2, 0.25) is 0 Å². The van der Waals surface area contributed by atoms with Gasteiger partial charge in [-0.25, -0.2) is 4.57 Å². The van der Waals surface area contributed by atoms with Crippen molar-refractivity contribution in [1.82, 2.24) is 9.55 Å². The van der Waals surface area contributed by atoms with Crippen LogP contribution >= 0.6 is 15.9 Å². The Bertz CT molecular complexity index is 1650. The van der Waals surface area contributed by atoms with Gasteiger partial charge in [0, 0.05) is 26.3 Å². The number of aromatic nitrogens is 3. The summed E-state index contributed by atoms with van der Waals surface area (Å²) < 4.78 is 5.70. The number of imidazole rings is 1. The van der Waals surface area contributed by atoms with Crippen LogP contribution in [0.15, 0.2) is 95.9 Å². The van der Waals surface area contributed by atoms with Crippen molar-refractivity contribution in [1.29, 1.82) is 0 Å². The molecule has 0 atom stereocenters. The van der Waals surface area contributed by atoms with E-state index in [4.69, 9.17) is 0 Å². The molecule has 6 aromatic rings. The molecule has 3 aromatic carbocycles. The third-order valence-corrected chi connectivity index (χ3v) is 7.24. The van der Waals surface area contributed by atoms with Gasteiger partial charge in [-0.2, -0.15) is 4.40 Å². The molecular formula is C30H27BrClN3. The number of rotatable bonds is 3. The molecule has 3 aromatic heterocycles. The normalized spacial score (nSPS) is 11.9. The summed E-state index contributed by atoms with van der Waals surface area (Å²) in [6.45, 7) is 7.58. The first-order valence-corrected chi connectivity index (χ1v) is 12.5.